The lowest BCUT2D eigenvalue weighted by Gasteiger charge is -2.36. The van der Waals surface area contributed by atoms with E-state index in [9.17, 15) is 13.6 Å². The summed E-state index contributed by atoms with van der Waals surface area (Å²) in [6.07, 6.45) is 2.89. The highest BCUT2D eigenvalue weighted by Gasteiger charge is 2.27. The maximum Gasteiger partial charge on any atom is 0.298 e. The summed E-state index contributed by atoms with van der Waals surface area (Å²) in [5.74, 6) is -1.66. The number of ether oxygens (including phenoxy) is 1. The fourth-order valence-corrected chi connectivity index (χ4v) is 5.77. The number of alkyl halides is 2. The molecule has 0 saturated carbocycles. The third-order valence-electron chi connectivity index (χ3n) is 6.64. The number of carbonyl (C=O) groups is 1. The predicted octanol–water partition coefficient (Wildman–Crippen LogP) is 4.51. The Balaban J connectivity index is 1.28. The number of benzene rings is 1. The highest BCUT2D eigenvalue weighted by molar-refractivity contribution is 7.97. The first-order chi connectivity index (χ1) is 17.8. The van der Waals surface area contributed by atoms with Gasteiger partial charge < -0.3 is 15.0 Å². The molecule has 1 N–H and O–H groups in total. The van der Waals surface area contributed by atoms with Crippen LogP contribution in [-0.2, 0) is 16.0 Å². The van der Waals surface area contributed by atoms with Gasteiger partial charge in [0.05, 0.1) is 30.0 Å². The van der Waals surface area contributed by atoms with Crippen LogP contribution in [0.5, 0.6) is 0 Å². The van der Waals surface area contributed by atoms with E-state index < -0.39 is 5.76 Å². The number of nitrogens with one attached hydrogen (secondary N) is 1. The molecule has 1 amide bonds. The van der Waals surface area contributed by atoms with Crippen LogP contribution in [-0.4, -0.2) is 70.4 Å². The molecule has 5 rings (SSSR count). The molecule has 0 bridgehead atoms. The van der Waals surface area contributed by atoms with Gasteiger partial charge in [-0.25, -0.2) is 9.29 Å². The maximum absolute atomic E-state index is 12.6. The third kappa shape index (κ3) is 6.55. The molecule has 0 spiro atoms. The molecule has 4 heterocycles. The van der Waals surface area contributed by atoms with Crippen molar-refractivity contribution >= 4 is 34.4 Å². The van der Waals surface area contributed by atoms with Crippen LogP contribution in [0, 0.1) is 0 Å². The first-order valence-electron chi connectivity index (χ1n) is 12.6. The Morgan fingerprint density at radius 2 is 1.95 bits per heavy atom. The van der Waals surface area contributed by atoms with E-state index in [2.05, 4.69) is 35.1 Å². The van der Waals surface area contributed by atoms with Gasteiger partial charge in [0.25, 0.3) is 5.76 Å². The topological polar surface area (TPSA) is 70.6 Å². The van der Waals surface area contributed by atoms with Crippen LogP contribution < -0.4 is 10.2 Å². The zero-order chi connectivity index (χ0) is 25.9. The fraction of sp³-hybridized carbons (Fsp3) is 0.444. The summed E-state index contributed by atoms with van der Waals surface area (Å²) >= 11 is 0.530. The molecular weight excluding hydrogens is 496 g/mol. The Kier molecular flexibility index (Phi) is 7.87. The number of pyridine rings is 2. The van der Waals surface area contributed by atoms with Crippen LogP contribution in [0.15, 0.2) is 48.7 Å². The minimum absolute atomic E-state index is 0.124. The van der Waals surface area contributed by atoms with E-state index in [4.69, 9.17) is 9.72 Å². The average molecular weight is 528 g/mol. The summed E-state index contributed by atoms with van der Waals surface area (Å²) in [6.45, 7) is 6.73. The molecule has 3 aromatic rings. The summed E-state index contributed by atoms with van der Waals surface area (Å²) in [5, 5.41) is 4.92. The van der Waals surface area contributed by atoms with E-state index >= 15 is 0 Å². The lowest BCUT2D eigenvalue weighted by molar-refractivity contribution is -0.121. The van der Waals surface area contributed by atoms with E-state index in [-0.39, 0.29) is 30.6 Å². The van der Waals surface area contributed by atoms with Gasteiger partial charge >= 0.3 is 0 Å². The maximum atomic E-state index is 12.6. The Hall–Kier alpha value is -2.82. The summed E-state index contributed by atoms with van der Waals surface area (Å²) in [4.78, 5) is 24.3. The molecule has 2 aliphatic heterocycles. The predicted molar refractivity (Wildman–Crippen MR) is 143 cm³/mol. The number of nitrogens with zero attached hydrogens (tertiary/aromatic N) is 4. The van der Waals surface area contributed by atoms with E-state index in [0.717, 1.165) is 40.9 Å². The Labute approximate surface area is 219 Å². The lowest BCUT2D eigenvalue weighted by atomic mass is 10.0. The third-order valence-corrected chi connectivity index (χ3v) is 7.43. The molecule has 2 aromatic heterocycles. The van der Waals surface area contributed by atoms with Crippen LogP contribution in [0.4, 0.5) is 14.6 Å². The Morgan fingerprint density at radius 1 is 1.14 bits per heavy atom. The second kappa shape index (κ2) is 11.3. The number of rotatable bonds is 7. The molecular formula is C27H31F2N5O2S. The highest BCUT2D eigenvalue weighted by Crippen LogP contribution is 2.27. The summed E-state index contributed by atoms with van der Waals surface area (Å²) < 4.78 is 32.6. The monoisotopic (exact) mass is 527 g/mol. The van der Waals surface area contributed by atoms with E-state index in [0.29, 0.717) is 37.2 Å². The van der Waals surface area contributed by atoms with Gasteiger partial charge in [0, 0.05) is 49.4 Å². The van der Waals surface area contributed by atoms with Crippen molar-refractivity contribution in [2.24, 2.45) is 0 Å². The molecule has 37 heavy (non-hydrogen) atoms. The van der Waals surface area contributed by atoms with Gasteiger partial charge in [0.1, 0.15) is 5.82 Å². The largest absolute Gasteiger partial charge is 0.372 e. The van der Waals surface area contributed by atoms with Crippen molar-refractivity contribution < 1.29 is 18.3 Å². The van der Waals surface area contributed by atoms with Crippen molar-refractivity contribution in [2.75, 3.05) is 31.1 Å². The number of hydrogen-bond acceptors (Lipinski definition) is 7. The molecule has 10 heteroatoms. The Morgan fingerprint density at radius 3 is 2.73 bits per heavy atom. The van der Waals surface area contributed by atoms with E-state index in [1.165, 1.54) is 0 Å². The quantitative estimate of drug-likeness (QED) is 0.453. The highest BCUT2D eigenvalue weighted by atomic mass is 32.2. The van der Waals surface area contributed by atoms with Gasteiger partial charge in [-0.3, -0.25) is 9.78 Å². The molecule has 2 fully saturated rings. The molecule has 0 radical (unpaired) electrons. The number of anilines is 1. The van der Waals surface area contributed by atoms with Crippen LogP contribution >= 0.6 is 11.9 Å². The molecule has 1 aromatic carbocycles. The molecule has 3 atom stereocenters. The second-order valence-corrected chi connectivity index (χ2v) is 10.8. The summed E-state index contributed by atoms with van der Waals surface area (Å²) in [6, 6.07) is 14.0. The summed E-state index contributed by atoms with van der Waals surface area (Å²) in [7, 11) is 0. The number of hydrogen-bond donors (Lipinski definition) is 1. The summed E-state index contributed by atoms with van der Waals surface area (Å²) in [5.41, 5.74) is 2.54. The molecule has 196 valence electrons. The van der Waals surface area contributed by atoms with Crippen LogP contribution in [0.1, 0.15) is 26.0 Å². The van der Waals surface area contributed by atoms with Gasteiger partial charge in [0.15, 0.2) is 0 Å². The van der Waals surface area contributed by atoms with Crippen molar-refractivity contribution in [3.05, 3.63) is 54.4 Å². The molecule has 2 aliphatic rings. The zero-order valence-corrected chi connectivity index (χ0v) is 21.8. The van der Waals surface area contributed by atoms with Crippen LogP contribution in [0.2, 0.25) is 0 Å². The van der Waals surface area contributed by atoms with E-state index in [1.54, 1.807) is 10.5 Å². The van der Waals surface area contributed by atoms with Gasteiger partial charge in [-0.2, -0.15) is 8.78 Å². The molecule has 0 aliphatic carbocycles. The number of carbonyl (C=O) groups excluding carboxylic acids is 1. The number of halogens is 2. The van der Waals surface area contributed by atoms with Gasteiger partial charge in [0.2, 0.25) is 5.91 Å². The van der Waals surface area contributed by atoms with Crippen LogP contribution in [0.25, 0.3) is 22.0 Å². The molecule has 3 unspecified atom stereocenters. The van der Waals surface area contributed by atoms with Crippen molar-refractivity contribution in [3.63, 3.8) is 0 Å². The van der Waals surface area contributed by atoms with Crippen molar-refractivity contribution in [3.8, 4) is 11.3 Å². The van der Waals surface area contributed by atoms with Crippen molar-refractivity contribution in [2.45, 2.75) is 50.7 Å². The van der Waals surface area contributed by atoms with E-state index in [1.807, 2.05) is 36.4 Å². The fourth-order valence-electron chi connectivity index (χ4n) is 5.07. The number of amides is 1. The van der Waals surface area contributed by atoms with Gasteiger partial charge in [-0.15, -0.1) is 0 Å². The first-order valence-corrected chi connectivity index (χ1v) is 13.4. The molecule has 2 saturated heterocycles. The lowest BCUT2D eigenvalue weighted by Crippen LogP contribution is -2.45. The minimum atomic E-state index is -2.44. The number of morpholine rings is 1. The minimum Gasteiger partial charge on any atom is -0.372 e. The van der Waals surface area contributed by atoms with Crippen molar-refractivity contribution in [1.82, 2.24) is 19.6 Å². The number of fused-ring (bicyclic) bond motifs is 1. The smallest absolute Gasteiger partial charge is 0.298 e. The SMILES string of the molecule is CC1CN(c2cccc(-c3ccc4cnc(CC(=O)NC5CCN(SC(F)F)C5)cc4c3)n2)CC(C)O1. The zero-order valence-electron chi connectivity index (χ0n) is 20.9. The second-order valence-electron chi connectivity index (χ2n) is 9.76. The normalized spacial score (nSPS) is 22.6. The van der Waals surface area contributed by atoms with Crippen LogP contribution in [0.3, 0.4) is 0 Å². The molecule has 7 nitrogen and oxygen atoms in total. The first kappa shape index (κ1) is 25.8. The standard InChI is InChI=1S/C27H31F2N5O2S/c1-17-14-33(15-18(2)36-17)25-5-3-4-24(32-25)19-6-7-20-13-30-23(11-21(20)10-19)12-26(35)31-22-8-9-34(16-22)37-27(28)29/h3-7,10-11,13,17-18,22,27H,8-9,12,14-16H2,1-2H3,(H,31,35). The number of aromatic nitrogens is 2. The van der Waals surface area contributed by atoms with Gasteiger partial charge in [-0.05, 0) is 61.9 Å². The van der Waals surface area contributed by atoms with Crippen molar-refractivity contribution in [1.29, 1.82) is 0 Å². The Bertz CT molecular complexity index is 1250. The average Bonchev–Trinajstić information content (AvgIpc) is 3.28. The van der Waals surface area contributed by atoms with Gasteiger partial charge in [-0.1, -0.05) is 18.2 Å².